The molecule has 0 radical (unpaired) electrons. The van der Waals surface area contributed by atoms with Crippen molar-refractivity contribution in [1.82, 2.24) is 0 Å². The third kappa shape index (κ3) is 2.90. The molecule has 0 aliphatic carbocycles. The molecular weight excluding hydrogens is 184 g/mol. The van der Waals surface area contributed by atoms with Gasteiger partial charge in [0.1, 0.15) is 0 Å². The highest BCUT2D eigenvalue weighted by Gasteiger charge is 2.05. The van der Waals surface area contributed by atoms with Gasteiger partial charge in [0, 0.05) is 16.8 Å². The van der Waals surface area contributed by atoms with Gasteiger partial charge in [-0.15, -0.1) is 0 Å². The van der Waals surface area contributed by atoms with Gasteiger partial charge in [-0.3, -0.25) is 0 Å². The molecule has 1 aromatic carbocycles. The Morgan fingerprint density at radius 1 is 1.46 bits per heavy atom. The summed E-state index contributed by atoms with van der Waals surface area (Å²) in [6.45, 7) is 2.06. The van der Waals surface area contributed by atoms with Crippen LogP contribution >= 0.6 is 11.6 Å². The Kier molecular flexibility index (Phi) is 3.58. The van der Waals surface area contributed by atoms with E-state index in [4.69, 9.17) is 23.1 Å². The van der Waals surface area contributed by atoms with Crippen molar-refractivity contribution in [2.24, 2.45) is 5.73 Å². The number of benzene rings is 1. The van der Waals surface area contributed by atoms with Crippen LogP contribution in [-0.2, 0) is 6.42 Å². The van der Waals surface area contributed by atoms with E-state index in [1.807, 2.05) is 12.1 Å². The molecular formula is C10H15ClN2. The van der Waals surface area contributed by atoms with Gasteiger partial charge in [0.25, 0.3) is 0 Å². The molecule has 0 aromatic heterocycles. The van der Waals surface area contributed by atoms with Crippen molar-refractivity contribution in [1.29, 1.82) is 0 Å². The van der Waals surface area contributed by atoms with E-state index in [1.54, 1.807) is 6.07 Å². The second-order valence-electron chi connectivity index (χ2n) is 3.22. The summed E-state index contributed by atoms with van der Waals surface area (Å²) in [5, 5.41) is 0.715. The fraction of sp³-hybridized carbons (Fsp3) is 0.400. The molecule has 2 nitrogen and oxygen atoms in total. The molecule has 0 amide bonds. The molecule has 4 N–H and O–H groups in total. The first-order chi connectivity index (χ1) is 6.13. The average Bonchev–Trinajstić information content (AvgIpc) is 2.11. The van der Waals surface area contributed by atoms with Crippen LogP contribution in [0.3, 0.4) is 0 Å². The van der Waals surface area contributed by atoms with Crippen LogP contribution in [-0.4, -0.2) is 6.04 Å². The van der Waals surface area contributed by atoms with E-state index in [0.29, 0.717) is 5.02 Å². The zero-order valence-corrected chi connectivity index (χ0v) is 8.51. The van der Waals surface area contributed by atoms with Crippen molar-refractivity contribution in [2.75, 3.05) is 5.73 Å². The summed E-state index contributed by atoms with van der Waals surface area (Å²) in [4.78, 5) is 0. The lowest BCUT2D eigenvalue weighted by atomic mass is 10.0. The van der Waals surface area contributed by atoms with Crippen LogP contribution in [0.15, 0.2) is 18.2 Å². The van der Waals surface area contributed by atoms with E-state index in [9.17, 15) is 0 Å². The second-order valence-corrected chi connectivity index (χ2v) is 3.65. The maximum absolute atomic E-state index is 5.85. The Hall–Kier alpha value is -0.730. The van der Waals surface area contributed by atoms with Crippen LogP contribution in [0.1, 0.15) is 18.9 Å². The van der Waals surface area contributed by atoms with Gasteiger partial charge in [-0.25, -0.2) is 0 Å². The van der Waals surface area contributed by atoms with E-state index >= 15 is 0 Å². The minimum absolute atomic E-state index is 0.167. The van der Waals surface area contributed by atoms with Crippen LogP contribution in [0, 0.1) is 0 Å². The summed E-state index contributed by atoms with van der Waals surface area (Å²) >= 11 is 5.85. The minimum atomic E-state index is 0.167. The fourth-order valence-corrected chi connectivity index (χ4v) is 1.37. The molecule has 1 unspecified atom stereocenters. The predicted octanol–water partition coefficient (Wildman–Crippen LogP) is 2.20. The first-order valence-electron chi connectivity index (χ1n) is 4.43. The van der Waals surface area contributed by atoms with E-state index in [-0.39, 0.29) is 6.04 Å². The number of hydrogen-bond acceptors (Lipinski definition) is 2. The molecule has 0 saturated heterocycles. The van der Waals surface area contributed by atoms with Gasteiger partial charge < -0.3 is 11.5 Å². The van der Waals surface area contributed by atoms with Crippen LogP contribution in [0.4, 0.5) is 5.69 Å². The zero-order valence-electron chi connectivity index (χ0n) is 7.76. The van der Waals surface area contributed by atoms with Crippen molar-refractivity contribution in [2.45, 2.75) is 25.8 Å². The summed E-state index contributed by atoms with van der Waals surface area (Å²) in [6.07, 6.45) is 1.74. The molecule has 1 atom stereocenters. The van der Waals surface area contributed by atoms with Crippen molar-refractivity contribution in [3.8, 4) is 0 Å². The molecule has 72 valence electrons. The third-order valence-corrected chi connectivity index (χ3v) is 2.35. The number of rotatable bonds is 3. The Morgan fingerprint density at radius 2 is 2.15 bits per heavy atom. The first kappa shape index (κ1) is 10.4. The van der Waals surface area contributed by atoms with Gasteiger partial charge in [-0.2, -0.15) is 0 Å². The van der Waals surface area contributed by atoms with Gasteiger partial charge in [-0.05, 0) is 36.6 Å². The van der Waals surface area contributed by atoms with Crippen LogP contribution < -0.4 is 11.5 Å². The van der Waals surface area contributed by atoms with Gasteiger partial charge in [0.15, 0.2) is 0 Å². The number of halogens is 1. The maximum atomic E-state index is 5.85. The monoisotopic (exact) mass is 198 g/mol. The van der Waals surface area contributed by atoms with E-state index in [1.165, 1.54) is 0 Å². The third-order valence-electron chi connectivity index (χ3n) is 2.11. The highest BCUT2D eigenvalue weighted by molar-refractivity contribution is 6.30. The molecule has 1 aromatic rings. The second kappa shape index (κ2) is 4.49. The van der Waals surface area contributed by atoms with Crippen LogP contribution in [0.5, 0.6) is 0 Å². The molecule has 0 heterocycles. The molecule has 0 aliphatic heterocycles. The zero-order chi connectivity index (χ0) is 9.84. The number of nitrogen functional groups attached to an aromatic ring is 1. The molecule has 3 heteroatoms. The molecule has 0 fully saturated rings. The summed E-state index contributed by atoms with van der Waals surface area (Å²) in [6, 6.07) is 5.66. The molecule has 0 spiro atoms. The first-order valence-corrected chi connectivity index (χ1v) is 4.80. The molecule has 13 heavy (non-hydrogen) atoms. The average molecular weight is 199 g/mol. The summed E-state index contributed by atoms with van der Waals surface area (Å²) < 4.78 is 0. The Balaban J connectivity index is 2.81. The predicted molar refractivity (Wildman–Crippen MR) is 57.8 cm³/mol. The molecule has 0 aliphatic rings. The minimum Gasteiger partial charge on any atom is -0.399 e. The normalized spacial score (nSPS) is 12.8. The SMILES string of the molecule is CCC(N)Cc1cc(Cl)ccc1N. The lowest BCUT2D eigenvalue weighted by Gasteiger charge is -2.10. The topological polar surface area (TPSA) is 52.0 Å². The van der Waals surface area contributed by atoms with Crippen LogP contribution in [0.2, 0.25) is 5.02 Å². The Labute approximate surface area is 83.9 Å². The molecule has 1 rings (SSSR count). The quantitative estimate of drug-likeness (QED) is 0.732. The number of anilines is 1. The number of hydrogen-bond donors (Lipinski definition) is 2. The lowest BCUT2D eigenvalue weighted by Crippen LogP contribution is -2.21. The number of nitrogens with two attached hydrogens (primary N) is 2. The van der Waals surface area contributed by atoms with E-state index in [2.05, 4.69) is 6.92 Å². The van der Waals surface area contributed by atoms with E-state index in [0.717, 1.165) is 24.1 Å². The smallest absolute Gasteiger partial charge is 0.0410 e. The van der Waals surface area contributed by atoms with E-state index < -0.39 is 0 Å². The Morgan fingerprint density at radius 3 is 2.77 bits per heavy atom. The highest BCUT2D eigenvalue weighted by Crippen LogP contribution is 2.19. The Bertz CT molecular complexity index is 286. The van der Waals surface area contributed by atoms with Crippen molar-refractivity contribution < 1.29 is 0 Å². The van der Waals surface area contributed by atoms with Gasteiger partial charge >= 0.3 is 0 Å². The summed E-state index contributed by atoms with van der Waals surface area (Å²) in [5.74, 6) is 0. The van der Waals surface area contributed by atoms with Gasteiger partial charge in [0.2, 0.25) is 0 Å². The maximum Gasteiger partial charge on any atom is 0.0410 e. The van der Waals surface area contributed by atoms with Gasteiger partial charge in [0.05, 0.1) is 0 Å². The van der Waals surface area contributed by atoms with Gasteiger partial charge in [-0.1, -0.05) is 18.5 Å². The summed E-state index contributed by atoms with van der Waals surface area (Å²) in [5.41, 5.74) is 13.4. The van der Waals surface area contributed by atoms with Crippen molar-refractivity contribution >= 4 is 17.3 Å². The van der Waals surface area contributed by atoms with Crippen molar-refractivity contribution in [3.63, 3.8) is 0 Å². The molecule has 0 bridgehead atoms. The van der Waals surface area contributed by atoms with Crippen LogP contribution in [0.25, 0.3) is 0 Å². The summed E-state index contributed by atoms with van der Waals surface area (Å²) in [7, 11) is 0. The lowest BCUT2D eigenvalue weighted by molar-refractivity contribution is 0.647. The largest absolute Gasteiger partial charge is 0.399 e. The fourth-order valence-electron chi connectivity index (χ4n) is 1.18. The van der Waals surface area contributed by atoms with Crippen molar-refractivity contribution in [3.05, 3.63) is 28.8 Å². The standard InChI is InChI=1S/C10H15ClN2/c1-2-9(12)6-7-5-8(11)3-4-10(7)13/h3-5,9H,2,6,12-13H2,1H3. The highest BCUT2D eigenvalue weighted by atomic mass is 35.5. The molecule has 0 saturated carbocycles.